The molecule has 1 aromatic heterocycles. The van der Waals surface area contributed by atoms with Crippen LogP contribution in [0.5, 0.6) is 0 Å². The Morgan fingerprint density at radius 1 is 1.44 bits per heavy atom. The van der Waals surface area contributed by atoms with Gasteiger partial charge in [-0.15, -0.1) is 0 Å². The van der Waals surface area contributed by atoms with Crippen LogP contribution in [0.4, 0.5) is 0 Å². The first kappa shape index (κ1) is 12.8. The summed E-state index contributed by atoms with van der Waals surface area (Å²) in [6, 6.07) is 9.27. The molecule has 0 aliphatic carbocycles. The number of hydrogen-bond acceptors (Lipinski definition) is 3. The fraction of sp³-hybridized carbons (Fsp3) is 0.231. The van der Waals surface area contributed by atoms with Gasteiger partial charge in [-0.2, -0.15) is 0 Å². The molecule has 0 bridgehead atoms. The topological polar surface area (TPSA) is 55.1 Å². The van der Waals surface area contributed by atoms with Gasteiger partial charge in [0, 0.05) is 10.5 Å². The first-order chi connectivity index (χ1) is 8.58. The molecular weight excluding hydrogens is 296 g/mol. The molecule has 0 saturated heterocycles. The molecule has 1 unspecified atom stereocenters. The van der Waals surface area contributed by atoms with Crippen molar-refractivity contribution in [3.8, 4) is 0 Å². The summed E-state index contributed by atoms with van der Waals surface area (Å²) in [5, 5.41) is 6.55. The van der Waals surface area contributed by atoms with Crippen LogP contribution < -0.4 is 5.32 Å². The Morgan fingerprint density at radius 2 is 2.17 bits per heavy atom. The van der Waals surface area contributed by atoms with Gasteiger partial charge in [-0.25, -0.2) is 0 Å². The third-order valence-electron chi connectivity index (χ3n) is 2.57. The maximum atomic E-state index is 11.9. The van der Waals surface area contributed by atoms with Crippen molar-refractivity contribution in [2.45, 2.75) is 19.9 Å². The van der Waals surface area contributed by atoms with Crippen molar-refractivity contribution < 1.29 is 9.32 Å². The molecule has 4 nitrogen and oxygen atoms in total. The lowest BCUT2D eigenvalue weighted by molar-refractivity contribution is 0.0902. The highest BCUT2D eigenvalue weighted by molar-refractivity contribution is 9.10. The zero-order chi connectivity index (χ0) is 13.1. The number of hydrogen-bond donors (Lipinski definition) is 1. The van der Waals surface area contributed by atoms with Gasteiger partial charge in [-0.1, -0.05) is 39.3 Å². The SMILES string of the molecule is Cc1cc(C(=O)NC(C)c2ccccc2Br)on1. The molecule has 1 amide bonds. The minimum Gasteiger partial charge on any atom is -0.351 e. The lowest BCUT2D eigenvalue weighted by Gasteiger charge is -2.14. The van der Waals surface area contributed by atoms with E-state index in [4.69, 9.17) is 4.52 Å². The van der Waals surface area contributed by atoms with E-state index in [0.29, 0.717) is 5.69 Å². The van der Waals surface area contributed by atoms with Crippen molar-refractivity contribution in [1.29, 1.82) is 0 Å². The molecule has 1 atom stereocenters. The van der Waals surface area contributed by atoms with E-state index < -0.39 is 0 Å². The molecule has 0 fully saturated rings. The van der Waals surface area contributed by atoms with Crippen molar-refractivity contribution >= 4 is 21.8 Å². The maximum Gasteiger partial charge on any atom is 0.290 e. The molecule has 0 aliphatic heterocycles. The molecule has 1 aromatic carbocycles. The van der Waals surface area contributed by atoms with Gasteiger partial charge in [0.25, 0.3) is 5.91 Å². The van der Waals surface area contributed by atoms with E-state index in [0.717, 1.165) is 10.0 Å². The Kier molecular flexibility index (Phi) is 3.81. The first-order valence-corrected chi connectivity index (χ1v) is 6.36. The third-order valence-corrected chi connectivity index (χ3v) is 3.29. The van der Waals surface area contributed by atoms with Crippen LogP contribution in [0.2, 0.25) is 0 Å². The zero-order valence-electron chi connectivity index (χ0n) is 10.1. The molecule has 2 rings (SSSR count). The van der Waals surface area contributed by atoms with Crippen LogP contribution in [0, 0.1) is 6.92 Å². The van der Waals surface area contributed by atoms with E-state index in [1.165, 1.54) is 0 Å². The van der Waals surface area contributed by atoms with E-state index in [2.05, 4.69) is 26.4 Å². The predicted octanol–water partition coefficient (Wildman–Crippen LogP) is 3.24. The van der Waals surface area contributed by atoms with Crippen LogP contribution in [-0.2, 0) is 0 Å². The van der Waals surface area contributed by atoms with Gasteiger partial charge in [-0.05, 0) is 25.5 Å². The number of aryl methyl sites for hydroxylation is 1. The summed E-state index contributed by atoms with van der Waals surface area (Å²) in [6.45, 7) is 3.69. The zero-order valence-corrected chi connectivity index (χ0v) is 11.7. The Morgan fingerprint density at radius 3 is 2.78 bits per heavy atom. The second kappa shape index (κ2) is 5.35. The molecule has 0 spiro atoms. The highest BCUT2D eigenvalue weighted by Crippen LogP contribution is 2.22. The number of amides is 1. The van der Waals surface area contributed by atoms with Crippen molar-refractivity contribution in [3.63, 3.8) is 0 Å². The first-order valence-electron chi connectivity index (χ1n) is 5.56. The summed E-state index contributed by atoms with van der Waals surface area (Å²) in [5.74, 6) is -0.0368. The normalized spacial score (nSPS) is 12.2. The summed E-state index contributed by atoms with van der Waals surface area (Å²) >= 11 is 3.46. The van der Waals surface area contributed by atoms with Crippen LogP contribution in [0.25, 0.3) is 0 Å². The maximum absolute atomic E-state index is 11.9. The van der Waals surface area contributed by atoms with Crippen molar-refractivity contribution in [2.75, 3.05) is 0 Å². The van der Waals surface area contributed by atoms with E-state index >= 15 is 0 Å². The average Bonchev–Trinajstić information content (AvgIpc) is 2.76. The fourth-order valence-electron chi connectivity index (χ4n) is 1.64. The quantitative estimate of drug-likeness (QED) is 0.947. The summed E-state index contributed by atoms with van der Waals surface area (Å²) in [6.07, 6.45) is 0. The summed E-state index contributed by atoms with van der Waals surface area (Å²) in [5.41, 5.74) is 1.70. The summed E-state index contributed by atoms with van der Waals surface area (Å²) in [7, 11) is 0. The smallest absolute Gasteiger partial charge is 0.290 e. The van der Waals surface area contributed by atoms with E-state index in [-0.39, 0.29) is 17.7 Å². The van der Waals surface area contributed by atoms with Gasteiger partial charge in [0.1, 0.15) is 0 Å². The Bertz CT molecular complexity index is 566. The molecule has 94 valence electrons. The van der Waals surface area contributed by atoms with Gasteiger partial charge in [-0.3, -0.25) is 4.79 Å². The largest absolute Gasteiger partial charge is 0.351 e. The van der Waals surface area contributed by atoms with Crippen molar-refractivity contribution in [2.24, 2.45) is 0 Å². The Balaban J connectivity index is 2.10. The number of rotatable bonds is 3. The number of halogens is 1. The van der Waals surface area contributed by atoms with Crippen LogP contribution in [0.3, 0.4) is 0 Å². The van der Waals surface area contributed by atoms with E-state index in [1.807, 2.05) is 31.2 Å². The number of carbonyl (C=O) groups is 1. The second-order valence-corrected chi connectivity index (χ2v) is 4.90. The average molecular weight is 309 g/mol. The fourth-order valence-corrected chi connectivity index (χ4v) is 2.27. The van der Waals surface area contributed by atoms with E-state index in [9.17, 15) is 4.79 Å². The van der Waals surface area contributed by atoms with Crippen LogP contribution in [0.1, 0.15) is 34.8 Å². The lowest BCUT2D eigenvalue weighted by Crippen LogP contribution is -2.26. The molecule has 0 aliphatic rings. The molecule has 2 aromatic rings. The van der Waals surface area contributed by atoms with Gasteiger partial charge < -0.3 is 9.84 Å². The Hall–Kier alpha value is -1.62. The van der Waals surface area contributed by atoms with Crippen LogP contribution in [0.15, 0.2) is 39.3 Å². The van der Waals surface area contributed by atoms with Crippen LogP contribution >= 0.6 is 15.9 Å². The second-order valence-electron chi connectivity index (χ2n) is 4.05. The predicted molar refractivity (Wildman–Crippen MR) is 71.3 cm³/mol. The number of nitrogens with zero attached hydrogens (tertiary/aromatic N) is 1. The number of carbonyl (C=O) groups excluding carboxylic acids is 1. The van der Waals surface area contributed by atoms with Crippen LogP contribution in [-0.4, -0.2) is 11.1 Å². The minimum absolute atomic E-state index is 0.113. The summed E-state index contributed by atoms with van der Waals surface area (Å²) < 4.78 is 5.88. The monoisotopic (exact) mass is 308 g/mol. The molecule has 18 heavy (non-hydrogen) atoms. The van der Waals surface area contributed by atoms with E-state index in [1.54, 1.807) is 13.0 Å². The minimum atomic E-state index is -0.265. The van der Waals surface area contributed by atoms with Crippen molar-refractivity contribution in [1.82, 2.24) is 10.5 Å². The number of nitrogens with one attached hydrogen (secondary N) is 1. The van der Waals surface area contributed by atoms with Gasteiger partial charge in [0.05, 0.1) is 11.7 Å². The molecule has 0 saturated carbocycles. The Labute approximate surface area is 113 Å². The lowest BCUT2D eigenvalue weighted by atomic mass is 10.1. The molecular formula is C13H13BrN2O2. The van der Waals surface area contributed by atoms with Gasteiger partial charge in [0.2, 0.25) is 5.76 Å². The highest BCUT2D eigenvalue weighted by atomic mass is 79.9. The molecule has 0 radical (unpaired) electrons. The molecule has 5 heteroatoms. The third kappa shape index (κ3) is 2.79. The van der Waals surface area contributed by atoms with Gasteiger partial charge >= 0.3 is 0 Å². The standard InChI is InChI=1S/C13H13BrN2O2/c1-8-7-12(18-16-8)13(17)15-9(2)10-5-3-4-6-11(10)14/h3-7,9H,1-2H3,(H,15,17). The van der Waals surface area contributed by atoms with Crippen molar-refractivity contribution in [3.05, 3.63) is 51.8 Å². The molecule has 1 N–H and O–H groups in total. The van der Waals surface area contributed by atoms with Gasteiger partial charge in [0.15, 0.2) is 0 Å². The number of aromatic nitrogens is 1. The number of benzene rings is 1. The summed E-state index contributed by atoms with van der Waals surface area (Å²) in [4.78, 5) is 11.9. The highest BCUT2D eigenvalue weighted by Gasteiger charge is 2.16. The molecule has 1 heterocycles.